The van der Waals surface area contributed by atoms with Gasteiger partial charge in [0.1, 0.15) is 13.7 Å². The van der Waals surface area contributed by atoms with E-state index in [0.717, 1.165) is 4.57 Å². The highest BCUT2D eigenvalue weighted by Gasteiger charge is 2.19. The Morgan fingerprint density at radius 1 is 0.949 bits per heavy atom. The number of halogens is 2. The number of nitrogens with zero attached hydrogens (tertiary/aromatic N) is 2. The van der Waals surface area contributed by atoms with Crippen molar-refractivity contribution in [1.82, 2.24) is 9.13 Å². The normalized spacial score (nSPS) is 12.2. The second kappa shape index (κ2) is 11.4. The Morgan fingerprint density at radius 3 is 2.23 bits per heavy atom. The van der Waals surface area contributed by atoms with E-state index in [1.165, 1.54) is 54.9 Å². The fourth-order valence-electron chi connectivity index (χ4n) is 4.42. The molecule has 1 heterocycles. The number of hydrogen-bond acceptors (Lipinski definition) is 4. The number of aromatic nitrogens is 2. The van der Waals surface area contributed by atoms with Gasteiger partial charge < -0.3 is 0 Å². The zero-order valence-electron chi connectivity index (χ0n) is 21.9. The van der Waals surface area contributed by atoms with Crippen LogP contribution in [0.4, 0.5) is 14.5 Å². The highest BCUT2D eigenvalue weighted by Crippen LogP contribution is 2.28. The van der Waals surface area contributed by atoms with Crippen molar-refractivity contribution in [3.05, 3.63) is 99.2 Å². The summed E-state index contributed by atoms with van der Waals surface area (Å²) in [7, 11) is -2.55. The van der Waals surface area contributed by atoms with Crippen molar-refractivity contribution in [3.63, 3.8) is 0 Å². The van der Waals surface area contributed by atoms with Crippen LogP contribution in [0, 0.1) is 5.82 Å². The Balaban J connectivity index is 1.67. The van der Waals surface area contributed by atoms with Crippen molar-refractivity contribution in [2.45, 2.75) is 44.7 Å². The number of fused-ring (bicyclic) bond motifs is 1. The first-order valence-corrected chi connectivity index (χ1v) is 14.1. The molecule has 0 saturated heterocycles. The van der Waals surface area contributed by atoms with Gasteiger partial charge in [-0.05, 0) is 60.4 Å². The lowest BCUT2D eigenvalue weighted by molar-refractivity contribution is 0.558. The number of rotatable bonds is 9. The van der Waals surface area contributed by atoms with Gasteiger partial charge in [-0.3, -0.25) is 18.7 Å². The van der Waals surface area contributed by atoms with E-state index < -0.39 is 27.1 Å². The van der Waals surface area contributed by atoms with Crippen LogP contribution in [0.5, 0.6) is 0 Å². The van der Waals surface area contributed by atoms with Gasteiger partial charge in [-0.25, -0.2) is 22.0 Å². The predicted molar refractivity (Wildman–Crippen MR) is 153 cm³/mol. The number of benzene rings is 3. The highest BCUT2D eigenvalue weighted by molar-refractivity contribution is 7.92. The average Bonchev–Trinajstić information content (AvgIpc) is 2.93. The Hall–Kier alpha value is -3.99. The fourth-order valence-corrected chi connectivity index (χ4v) is 5.50. The van der Waals surface area contributed by atoms with E-state index in [2.05, 4.69) is 4.72 Å². The van der Waals surface area contributed by atoms with E-state index in [0.29, 0.717) is 47.8 Å². The van der Waals surface area contributed by atoms with Crippen LogP contribution < -0.4 is 16.0 Å². The molecular weight excluding hydrogens is 523 g/mol. The first kappa shape index (κ1) is 28.0. The lowest BCUT2D eigenvalue weighted by Crippen LogP contribution is -2.40. The molecule has 3 aromatic carbocycles. The zero-order valence-corrected chi connectivity index (χ0v) is 22.7. The third kappa shape index (κ3) is 5.58. The minimum Gasteiger partial charge on any atom is -0.293 e. The summed E-state index contributed by atoms with van der Waals surface area (Å²) >= 11 is 0. The van der Waals surface area contributed by atoms with Crippen molar-refractivity contribution in [1.29, 1.82) is 0 Å². The Kier molecular flexibility index (Phi) is 8.20. The molecule has 1 N–H and O–H groups in total. The molecule has 4 rings (SSSR count). The summed E-state index contributed by atoms with van der Waals surface area (Å²) in [6, 6.07) is 14.7. The molecule has 0 aliphatic rings. The summed E-state index contributed by atoms with van der Waals surface area (Å²) in [4.78, 5) is 25.8. The number of anilines is 1. The molecule has 11 heteroatoms. The van der Waals surface area contributed by atoms with Gasteiger partial charge in [-0.1, -0.05) is 43.6 Å². The SMILES string of the molecule is B/C(=C\F)c1ccc(-c2ccc(NS(=O)(=O)c3ccc4c(c3)c(=O)n(CCC)c(=O)n4CCC)cc2)c(F)c1. The highest BCUT2D eigenvalue weighted by atomic mass is 32.2. The van der Waals surface area contributed by atoms with Crippen LogP contribution in [-0.4, -0.2) is 25.4 Å². The van der Waals surface area contributed by atoms with Crippen LogP contribution >= 0.6 is 0 Å². The van der Waals surface area contributed by atoms with Gasteiger partial charge in [0.15, 0.2) is 0 Å². The average molecular weight is 551 g/mol. The second-order valence-electron chi connectivity index (χ2n) is 9.24. The Morgan fingerprint density at radius 2 is 1.62 bits per heavy atom. The minimum atomic E-state index is -4.09. The molecule has 0 atom stereocenters. The standard InChI is InChI=1S/C28H28BF2N3O4S/c1-3-13-33-26-12-10-21(16-23(26)27(35)34(14-4-2)28(33)36)39(37,38)32-20-8-5-18(6-9-20)22-11-7-19(15-25(22)31)24(29)17-30/h5-12,15-17,32H,3-4,13-14,29H2,1-2H3/b24-17-. The maximum Gasteiger partial charge on any atom is 0.331 e. The van der Waals surface area contributed by atoms with Crippen LogP contribution in [-0.2, 0) is 23.1 Å². The largest absolute Gasteiger partial charge is 0.331 e. The van der Waals surface area contributed by atoms with Gasteiger partial charge in [0.2, 0.25) is 0 Å². The summed E-state index contributed by atoms with van der Waals surface area (Å²) < 4.78 is 58.9. The van der Waals surface area contributed by atoms with E-state index in [1.54, 1.807) is 18.2 Å². The molecule has 202 valence electrons. The van der Waals surface area contributed by atoms with Crippen molar-refractivity contribution in [2.24, 2.45) is 0 Å². The number of hydrogen-bond donors (Lipinski definition) is 1. The number of nitrogens with one attached hydrogen (secondary N) is 1. The lowest BCUT2D eigenvalue weighted by Gasteiger charge is -2.14. The van der Waals surface area contributed by atoms with E-state index >= 15 is 0 Å². The molecule has 0 radical (unpaired) electrons. The summed E-state index contributed by atoms with van der Waals surface area (Å²) in [5.41, 5.74) is 1.21. The Labute approximate surface area is 225 Å². The molecule has 7 nitrogen and oxygen atoms in total. The quantitative estimate of drug-likeness (QED) is 0.311. The summed E-state index contributed by atoms with van der Waals surface area (Å²) in [5, 5.41) is 0.145. The van der Waals surface area contributed by atoms with E-state index in [1.807, 2.05) is 13.8 Å². The second-order valence-corrected chi connectivity index (χ2v) is 10.9. The maximum atomic E-state index is 14.7. The molecule has 39 heavy (non-hydrogen) atoms. The first-order valence-electron chi connectivity index (χ1n) is 12.6. The van der Waals surface area contributed by atoms with Gasteiger partial charge in [0.05, 0.1) is 22.1 Å². The molecule has 0 spiro atoms. The predicted octanol–water partition coefficient (Wildman–Crippen LogP) is 4.49. The molecule has 4 aromatic rings. The van der Waals surface area contributed by atoms with Crippen LogP contribution in [0.15, 0.2) is 81.5 Å². The van der Waals surface area contributed by atoms with Gasteiger partial charge in [0.25, 0.3) is 15.6 Å². The van der Waals surface area contributed by atoms with Crippen LogP contribution in [0.3, 0.4) is 0 Å². The third-order valence-electron chi connectivity index (χ3n) is 6.44. The summed E-state index contributed by atoms with van der Waals surface area (Å²) in [6.45, 7) is 4.39. The van der Waals surface area contributed by atoms with Gasteiger partial charge >= 0.3 is 5.69 Å². The van der Waals surface area contributed by atoms with E-state index in [9.17, 15) is 26.8 Å². The summed E-state index contributed by atoms with van der Waals surface area (Å²) in [5.74, 6) is -0.534. The van der Waals surface area contributed by atoms with Crippen molar-refractivity contribution in [3.8, 4) is 11.1 Å². The molecule has 0 bridgehead atoms. The van der Waals surface area contributed by atoms with Crippen LogP contribution in [0.25, 0.3) is 27.5 Å². The monoisotopic (exact) mass is 551 g/mol. The number of sulfonamides is 1. The molecule has 1 aromatic heterocycles. The van der Waals surface area contributed by atoms with Crippen LogP contribution in [0.1, 0.15) is 32.3 Å². The van der Waals surface area contributed by atoms with Gasteiger partial charge in [-0.15, -0.1) is 0 Å². The fraction of sp³-hybridized carbons (Fsp3) is 0.214. The van der Waals surface area contributed by atoms with Gasteiger partial charge in [-0.2, -0.15) is 0 Å². The van der Waals surface area contributed by atoms with Gasteiger partial charge in [0, 0.05) is 24.3 Å². The minimum absolute atomic E-state index is 0.126. The zero-order chi connectivity index (χ0) is 28.3. The first-order chi connectivity index (χ1) is 18.6. The molecule has 0 fully saturated rings. The summed E-state index contributed by atoms with van der Waals surface area (Å²) in [6.07, 6.45) is 1.65. The van der Waals surface area contributed by atoms with Crippen molar-refractivity contribution >= 4 is 39.9 Å². The maximum absolute atomic E-state index is 14.7. The van der Waals surface area contributed by atoms with E-state index in [4.69, 9.17) is 0 Å². The smallest absolute Gasteiger partial charge is 0.293 e. The number of aryl methyl sites for hydroxylation is 1. The topological polar surface area (TPSA) is 90.2 Å². The van der Waals surface area contributed by atoms with Crippen LogP contribution in [0.2, 0.25) is 0 Å². The molecule has 0 amide bonds. The lowest BCUT2D eigenvalue weighted by atomic mass is 9.89. The molecule has 0 saturated carbocycles. The van der Waals surface area contributed by atoms with E-state index in [-0.39, 0.29) is 28.1 Å². The van der Waals surface area contributed by atoms with Crippen molar-refractivity contribution in [2.75, 3.05) is 4.72 Å². The molecule has 0 unspecified atom stereocenters. The molecule has 0 aliphatic heterocycles. The third-order valence-corrected chi connectivity index (χ3v) is 7.82. The van der Waals surface area contributed by atoms with Crippen molar-refractivity contribution < 1.29 is 17.2 Å². The molecule has 0 aliphatic carbocycles. The Bertz CT molecular complexity index is 1800. The molecular formula is C28H28BF2N3O4S.